The lowest BCUT2D eigenvalue weighted by Gasteiger charge is -2.46. The highest BCUT2D eigenvalue weighted by atomic mass is 16.4. The number of piperidine rings is 1. The topological polar surface area (TPSA) is 69.6 Å². The van der Waals surface area contributed by atoms with Crippen molar-refractivity contribution in [1.82, 2.24) is 10.2 Å². The van der Waals surface area contributed by atoms with Crippen molar-refractivity contribution >= 4 is 11.9 Å². The van der Waals surface area contributed by atoms with Crippen LogP contribution in [0, 0.1) is 5.41 Å². The Labute approximate surface area is 115 Å². The molecule has 110 valence electrons. The summed E-state index contributed by atoms with van der Waals surface area (Å²) in [5, 5.41) is 12.3. The summed E-state index contributed by atoms with van der Waals surface area (Å²) in [6, 6.07) is -0.951. The molecule has 1 saturated heterocycles. The van der Waals surface area contributed by atoms with Gasteiger partial charge in [-0.15, -0.1) is 0 Å². The van der Waals surface area contributed by atoms with Crippen molar-refractivity contribution in [3.05, 3.63) is 0 Å². The summed E-state index contributed by atoms with van der Waals surface area (Å²) in [5.41, 5.74) is -0.309. The maximum Gasteiger partial charge on any atom is 0.321 e. The van der Waals surface area contributed by atoms with E-state index < -0.39 is 18.1 Å². The van der Waals surface area contributed by atoms with E-state index in [2.05, 4.69) is 5.32 Å². The predicted octanol–water partition coefficient (Wildman–Crippen LogP) is 1.47. The summed E-state index contributed by atoms with van der Waals surface area (Å²) >= 11 is 0. The molecule has 1 aliphatic heterocycles. The number of carbonyl (C=O) groups is 2. The Balaban J connectivity index is 2.89. The second kappa shape index (κ2) is 5.90. The number of nitrogens with one attached hydrogen (secondary N) is 1. The number of hydrogen-bond donors (Lipinski definition) is 2. The van der Waals surface area contributed by atoms with Crippen molar-refractivity contribution in [2.45, 2.75) is 65.6 Å². The van der Waals surface area contributed by atoms with Crippen LogP contribution in [0.15, 0.2) is 0 Å². The maximum atomic E-state index is 12.1. The van der Waals surface area contributed by atoms with Crippen LogP contribution in [0.1, 0.15) is 47.5 Å². The van der Waals surface area contributed by atoms with Crippen LogP contribution >= 0.6 is 0 Å². The summed E-state index contributed by atoms with van der Waals surface area (Å²) in [5.74, 6) is -0.937. The molecule has 2 N–H and O–H groups in total. The van der Waals surface area contributed by atoms with Crippen molar-refractivity contribution in [2.75, 3.05) is 6.54 Å². The number of aliphatic carboxylic acids is 1. The number of nitrogens with zero attached hydrogens (tertiary/aromatic N) is 1. The molecule has 0 radical (unpaired) electrons. The van der Waals surface area contributed by atoms with Gasteiger partial charge in [-0.1, -0.05) is 13.8 Å². The van der Waals surface area contributed by atoms with Crippen molar-refractivity contribution in [3.8, 4) is 0 Å². The molecule has 0 bridgehead atoms. The molecule has 0 aromatic heterocycles. The molecule has 2 unspecified atom stereocenters. The molecule has 1 amide bonds. The monoisotopic (exact) mass is 270 g/mol. The van der Waals surface area contributed by atoms with Crippen LogP contribution in [0.5, 0.6) is 0 Å². The van der Waals surface area contributed by atoms with E-state index in [1.165, 1.54) is 0 Å². The van der Waals surface area contributed by atoms with Gasteiger partial charge in [0.05, 0.1) is 6.04 Å². The zero-order valence-corrected chi connectivity index (χ0v) is 12.6. The van der Waals surface area contributed by atoms with Crippen LogP contribution < -0.4 is 5.32 Å². The zero-order valence-electron chi connectivity index (χ0n) is 12.6. The fraction of sp³-hybridized carbons (Fsp3) is 0.857. The van der Waals surface area contributed by atoms with Crippen LogP contribution in [0.2, 0.25) is 0 Å². The van der Waals surface area contributed by atoms with Crippen LogP contribution in [0.3, 0.4) is 0 Å². The minimum absolute atomic E-state index is 0.0658. The zero-order chi connectivity index (χ0) is 14.8. The van der Waals surface area contributed by atoms with Gasteiger partial charge in [0.15, 0.2) is 0 Å². The van der Waals surface area contributed by atoms with Crippen LogP contribution in [-0.2, 0) is 9.59 Å². The van der Waals surface area contributed by atoms with E-state index in [4.69, 9.17) is 0 Å². The summed E-state index contributed by atoms with van der Waals surface area (Å²) in [6.07, 6.45) is 1.80. The number of carboxylic acids is 1. The number of amides is 1. The number of hydrogen-bond acceptors (Lipinski definition) is 3. The molecule has 5 nitrogen and oxygen atoms in total. The molecule has 0 aromatic rings. The molecule has 19 heavy (non-hydrogen) atoms. The average molecular weight is 270 g/mol. The Morgan fingerprint density at radius 1 is 1.32 bits per heavy atom. The summed E-state index contributed by atoms with van der Waals surface area (Å²) in [6.45, 7) is 10.2. The van der Waals surface area contributed by atoms with E-state index in [9.17, 15) is 14.7 Å². The van der Waals surface area contributed by atoms with Gasteiger partial charge in [-0.2, -0.15) is 0 Å². The molecule has 0 spiro atoms. The first kappa shape index (κ1) is 16.0. The van der Waals surface area contributed by atoms with Gasteiger partial charge in [0.25, 0.3) is 0 Å². The lowest BCUT2D eigenvalue weighted by molar-refractivity contribution is -0.154. The fourth-order valence-corrected chi connectivity index (χ4v) is 2.88. The van der Waals surface area contributed by atoms with Gasteiger partial charge in [-0.25, -0.2) is 0 Å². The Kier molecular flexibility index (Phi) is 4.96. The van der Waals surface area contributed by atoms with E-state index in [1.807, 2.05) is 32.6 Å². The predicted molar refractivity (Wildman–Crippen MR) is 73.9 cm³/mol. The normalized spacial score (nSPS) is 25.1. The number of likely N-dealkylation sites (tertiary alicyclic amines) is 1. The van der Waals surface area contributed by atoms with Crippen LogP contribution in [0.25, 0.3) is 0 Å². The molecule has 0 aliphatic carbocycles. The van der Waals surface area contributed by atoms with E-state index >= 15 is 0 Å². The highest BCUT2D eigenvalue weighted by Crippen LogP contribution is 2.36. The van der Waals surface area contributed by atoms with E-state index in [0.717, 1.165) is 12.8 Å². The third-order valence-electron chi connectivity index (χ3n) is 3.85. The SMILES string of the molecule is CC(C)NC(=O)C(C)N1CCCC(C)(C)C1C(=O)O. The van der Waals surface area contributed by atoms with E-state index in [1.54, 1.807) is 6.92 Å². The largest absolute Gasteiger partial charge is 0.480 e. The van der Waals surface area contributed by atoms with Crippen molar-refractivity contribution in [3.63, 3.8) is 0 Å². The van der Waals surface area contributed by atoms with Gasteiger partial charge in [0.1, 0.15) is 6.04 Å². The van der Waals surface area contributed by atoms with Gasteiger partial charge in [0.2, 0.25) is 5.91 Å². The highest BCUT2D eigenvalue weighted by Gasteiger charge is 2.45. The summed E-state index contributed by atoms with van der Waals surface area (Å²) in [7, 11) is 0. The third-order valence-corrected chi connectivity index (χ3v) is 3.85. The molecule has 1 fully saturated rings. The first-order valence-corrected chi connectivity index (χ1v) is 6.95. The smallest absolute Gasteiger partial charge is 0.321 e. The Morgan fingerprint density at radius 2 is 1.89 bits per heavy atom. The van der Waals surface area contributed by atoms with E-state index in [-0.39, 0.29) is 17.4 Å². The number of rotatable bonds is 4. The van der Waals surface area contributed by atoms with Crippen molar-refractivity contribution in [2.24, 2.45) is 5.41 Å². The Bertz CT molecular complexity index is 353. The molecule has 1 aliphatic rings. The van der Waals surface area contributed by atoms with E-state index in [0.29, 0.717) is 6.54 Å². The number of carbonyl (C=O) groups excluding carboxylic acids is 1. The molecule has 1 rings (SSSR count). The Morgan fingerprint density at radius 3 is 2.37 bits per heavy atom. The third kappa shape index (κ3) is 3.69. The fourth-order valence-electron chi connectivity index (χ4n) is 2.88. The first-order valence-electron chi connectivity index (χ1n) is 6.95. The minimum Gasteiger partial charge on any atom is -0.480 e. The van der Waals surface area contributed by atoms with Gasteiger partial charge in [-0.3, -0.25) is 14.5 Å². The van der Waals surface area contributed by atoms with Gasteiger partial charge in [0, 0.05) is 6.04 Å². The molecule has 0 saturated carbocycles. The van der Waals surface area contributed by atoms with Crippen molar-refractivity contribution < 1.29 is 14.7 Å². The molecule has 5 heteroatoms. The minimum atomic E-state index is -0.839. The van der Waals surface area contributed by atoms with Crippen LogP contribution in [0.4, 0.5) is 0 Å². The molecule has 2 atom stereocenters. The number of carboxylic acid groups (broad SMARTS) is 1. The second-order valence-corrected chi connectivity index (χ2v) is 6.41. The summed E-state index contributed by atoms with van der Waals surface area (Å²) in [4.78, 5) is 25.5. The molecular weight excluding hydrogens is 244 g/mol. The van der Waals surface area contributed by atoms with Gasteiger partial charge < -0.3 is 10.4 Å². The van der Waals surface area contributed by atoms with Gasteiger partial charge >= 0.3 is 5.97 Å². The standard InChI is InChI=1S/C14H26N2O3/c1-9(2)15-12(17)10(3)16-8-6-7-14(4,5)11(16)13(18)19/h9-11H,6-8H2,1-5H3,(H,15,17)(H,18,19). The Hall–Kier alpha value is -1.10. The van der Waals surface area contributed by atoms with Crippen LogP contribution in [-0.4, -0.2) is 46.6 Å². The maximum absolute atomic E-state index is 12.1. The van der Waals surface area contributed by atoms with Gasteiger partial charge in [-0.05, 0) is 45.6 Å². The second-order valence-electron chi connectivity index (χ2n) is 6.41. The van der Waals surface area contributed by atoms with Crippen molar-refractivity contribution in [1.29, 1.82) is 0 Å². The quantitative estimate of drug-likeness (QED) is 0.811. The lowest BCUT2D eigenvalue weighted by atomic mass is 9.76. The highest BCUT2D eigenvalue weighted by molar-refractivity contribution is 5.83. The average Bonchev–Trinajstić information content (AvgIpc) is 2.24. The first-order chi connectivity index (χ1) is 8.66. The molecular formula is C14H26N2O3. The summed E-state index contributed by atoms with van der Waals surface area (Å²) < 4.78 is 0. The molecule has 1 heterocycles. The lowest BCUT2D eigenvalue weighted by Crippen LogP contribution is -2.60. The molecule has 0 aromatic carbocycles.